The molecule has 0 bridgehead atoms. The van der Waals surface area contributed by atoms with Crippen molar-refractivity contribution >= 4 is 5.94 Å². The first-order valence-corrected chi connectivity index (χ1v) is 3.61. The van der Waals surface area contributed by atoms with Gasteiger partial charge >= 0.3 is 0 Å². The zero-order chi connectivity index (χ0) is 6.95. The zero-order valence-electron chi connectivity index (χ0n) is 6.02. The minimum Gasteiger partial charge on any atom is -0.234 e. The maximum absolute atomic E-state index is 9.66. The summed E-state index contributed by atoms with van der Waals surface area (Å²) in [5, 5.41) is 0. The van der Waals surface area contributed by atoms with Gasteiger partial charge in [0, 0.05) is 0 Å². The monoisotopic (exact) mass is 126 g/mol. The first-order valence-electron chi connectivity index (χ1n) is 3.61. The van der Waals surface area contributed by atoms with Gasteiger partial charge in [-0.15, -0.1) is 0 Å². The van der Waals surface area contributed by atoms with Gasteiger partial charge in [0.05, 0.1) is 0 Å². The molecule has 0 saturated carbocycles. The van der Waals surface area contributed by atoms with E-state index >= 15 is 0 Å². The minimum absolute atomic E-state index is 0.906. The maximum Gasteiger partial charge on any atom is 0.120 e. The Morgan fingerprint density at radius 3 is 2.67 bits per heavy atom. The highest BCUT2D eigenvalue weighted by Gasteiger charge is 1.82. The largest absolute Gasteiger partial charge is 0.234 e. The van der Waals surface area contributed by atoms with E-state index in [0.717, 1.165) is 12.8 Å². The van der Waals surface area contributed by atoms with Gasteiger partial charge in [-0.05, 0) is 18.9 Å². The summed E-state index contributed by atoms with van der Waals surface area (Å²) in [6.07, 6.45) is 7.40. The summed E-state index contributed by atoms with van der Waals surface area (Å²) in [4.78, 5) is 9.66. The van der Waals surface area contributed by atoms with Crippen LogP contribution in [-0.2, 0) is 4.79 Å². The van der Waals surface area contributed by atoms with Crippen molar-refractivity contribution in [3.05, 3.63) is 6.08 Å². The molecule has 0 heterocycles. The Balaban J connectivity index is 2.82. The molecule has 0 aromatic carbocycles. The molecule has 0 unspecified atom stereocenters. The van der Waals surface area contributed by atoms with Crippen LogP contribution in [0.3, 0.4) is 0 Å². The second-order valence-electron chi connectivity index (χ2n) is 2.17. The van der Waals surface area contributed by atoms with Crippen molar-refractivity contribution in [2.45, 2.75) is 39.0 Å². The molecular formula is C8H14O. The van der Waals surface area contributed by atoms with Crippen molar-refractivity contribution in [2.75, 3.05) is 0 Å². The molecule has 52 valence electrons. The van der Waals surface area contributed by atoms with Gasteiger partial charge in [-0.3, -0.25) is 0 Å². The van der Waals surface area contributed by atoms with E-state index in [2.05, 4.69) is 6.92 Å². The van der Waals surface area contributed by atoms with Gasteiger partial charge in [0.25, 0.3) is 0 Å². The predicted octanol–water partition coefficient (Wildman–Crippen LogP) is 2.34. The molecular weight excluding hydrogens is 112 g/mol. The molecule has 0 amide bonds. The van der Waals surface area contributed by atoms with Gasteiger partial charge in [-0.1, -0.05) is 26.2 Å². The Labute approximate surface area is 56.8 Å². The Kier molecular flexibility index (Phi) is 6.99. The lowest BCUT2D eigenvalue weighted by molar-refractivity contribution is 0.567. The molecule has 0 fully saturated rings. The highest BCUT2D eigenvalue weighted by atomic mass is 16.1. The number of allylic oxidation sites excluding steroid dienone is 1. The van der Waals surface area contributed by atoms with Crippen LogP contribution < -0.4 is 0 Å². The van der Waals surface area contributed by atoms with Crippen molar-refractivity contribution in [1.82, 2.24) is 0 Å². The summed E-state index contributed by atoms with van der Waals surface area (Å²) in [6, 6.07) is 0. The quantitative estimate of drug-likeness (QED) is 0.408. The number of unbranched alkanes of at least 4 members (excludes halogenated alkanes) is 4. The van der Waals surface area contributed by atoms with Crippen molar-refractivity contribution in [2.24, 2.45) is 0 Å². The number of hydrogen-bond donors (Lipinski definition) is 0. The Morgan fingerprint density at radius 1 is 1.33 bits per heavy atom. The highest BCUT2D eigenvalue weighted by molar-refractivity contribution is 5.44. The Bertz CT molecular complexity index is 90.7. The highest BCUT2D eigenvalue weighted by Crippen LogP contribution is 2.01. The molecule has 0 atom stereocenters. The average Bonchev–Trinajstić information content (AvgIpc) is 1.89. The summed E-state index contributed by atoms with van der Waals surface area (Å²) >= 11 is 0. The Hall–Kier alpha value is -0.550. The van der Waals surface area contributed by atoms with Crippen LogP contribution in [0, 0.1) is 0 Å². The third-order valence-electron chi connectivity index (χ3n) is 1.29. The van der Waals surface area contributed by atoms with E-state index in [1.807, 2.05) is 0 Å². The van der Waals surface area contributed by atoms with Crippen LogP contribution in [0.5, 0.6) is 0 Å². The van der Waals surface area contributed by atoms with Gasteiger partial charge in [0.15, 0.2) is 0 Å². The number of carbonyl (C=O) groups excluding carboxylic acids is 1. The standard InChI is InChI=1S/C8H14O/c1-2-3-4-5-6-7-8-9/h7H,2-6H2,1H3. The van der Waals surface area contributed by atoms with Gasteiger partial charge in [-0.25, -0.2) is 4.79 Å². The maximum atomic E-state index is 9.66. The van der Waals surface area contributed by atoms with E-state index in [4.69, 9.17) is 0 Å². The fraction of sp³-hybridized carbons (Fsp3) is 0.750. The van der Waals surface area contributed by atoms with E-state index in [9.17, 15) is 4.79 Å². The lowest BCUT2D eigenvalue weighted by atomic mass is 10.2. The summed E-state index contributed by atoms with van der Waals surface area (Å²) < 4.78 is 0. The molecule has 0 aromatic heterocycles. The summed E-state index contributed by atoms with van der Waals surface area (Å²) in [5.74, 6) is 1.77. The van der Waals surface area contributed by atoms with Crippen molar-refractivity contribution in [1.29, 1.82) is 0 Å². The molecule has 0 aliphatic carbocycles. The third-order valence-corrected chi connectivity index (χ3v) is 1.29. The molecule has 0 saturated heterocycles. The van der Waals surface area contributed by atoms with Crippen molar-refractivity contribution in [3.8, 4) is 0 Å². The molecule has 0 aliphatic heterocycles. The summed E-state index contributed by atoms with van der Waals surface area (Å²) in [7, 11) is 0. The zero-order valence-corrected chi connectivity index (χ0v) is 6.02. The number of rotatable bonds is 5. The average molecular weight is 126 g/mol. The smallest absolute Gasteiger partial charge is 0.120 e. The molecule has 1 nitrogen and oxygen atoms in total. The fourth-order valence-corrected chi connectivity index (χ4v) is 0.732. The molecule has 1 heteroatoms. The van der Waals surface area contributed by atoms with Gasteiger partial charge in [0.1, 0.15) is 5.94 Å². The second-order valence-corrected chi connectivity index (χ2v) is 2.17. The first kappa shape index (κ1) is 8.45. The van der Waals surface area contributed by atoms with Crippen LogP contribution in [0.4, 0.5) is 0 Å². The van der Waals surface area contributed by atoms with Crippen molar-refractivity contribution < 1.29 is 4.79 Å². The topological polar surface area (TPSA) is 17.1 Å². The Morgan fingerprint density at radius 2 is 2.11 bits per heavy atom. The van der Waals surface area contributed by atoms with Crippen LogP contribution in [0.2, 0.25) is 0 Å². The minimum atomic E-state index is 0.906. The molecule has 0 aliphatic rings. The van der Waals surface area contributed by atoms with Crippen LogP contribution in [0.25, 0.3) is 0 Å². The third kappa shape index (κ3) is 7.45. The van der Waals surface area contributed by atoms with Gasteiger partial charge in [-0.2, -0.15) is 0 Å². The lowest BCUT2D eigenvalue weighted by Gasteiger charge is -1.91. The van der Waals surface area contributed by atoms with Crippen LogP contribution in [0.1, 0.15) is 39.0 Å². The van der Waals surface area contributed by atoms with E-state index in [-0.39, 0.29) is 0 Å². The molecule has 0 aromatic rings. The normalized spacial score (nSPS) is 8.56. The van der Waals surface area contributed by atoms with Crippen LogP contribution >= 0.6 is 0 Å². The molecule has 0 spiro atoms. The van der Waals surface area contributed by atoms with Crippen molar-refractivity contribution in [3.63, 3.8) is 0 Å². The summed E-state index contributed by atoms with van der Waals surface area (Å²) in [6.45, 7) is 2.18. The van der Waals surface area contributed by atoms with E-state index in [1.54, 1.807) is 12.0 Å². The molecule has 0 N–H and O–H groups in total. The second kappa shape index (κ2) is 7.45. The van der Waals surface area contributed by atoms with Gasteiger partial charge in [0.2, 0.25) is 0 Å². The molecule has 0 rings (SSSR count). The molecule has 9 heavy (non-hydrogen) atoms. The van der Waals surface area contributed by atoms with E-state index in [1.165, 1.54) is 19.3 Å². The SMILES string of the molecule is CCCCCCC=C=O. The lowest BCUT2D eigenvalue weighted by Crippen LogP contribution is -1.73. The van der Waals surface area contributed by atoms with Gasteiger partial charge < -0.3 is 0 Å². The van der Waals surface area contributed by atoms with E-state index < -0.39 is 0 Å². The van der Waals surface area contributed by atoms with Crippen LogP contribution in [-0.4, -0.2) is 5.94 Å². The number of hydrogen-bond acceptors (Lipinski definition) is 1. The van der Waals surface area contributed by atoms with E-state index in [0.29, 0.717) is 0 Å². The summed E-state index contributed by atoms with van der Waals surface area (Å²) in [5.41, 5.74) is 0. The van der Waals surface area contributed by atoms with Crippen LogP contribution in [0.15, 0.2) is 6.08 Å². The molecule has 0 radical (unpaired) electrons. The first-order chi connectivity index (χ1) is 4.41. The fourth-order valence-electron chi connectivity index (χ4n) is 0.732. The predicted molar refractivity (Wildman–Crippen MR) is 39.0 cm³/mol.